The number of carbonyl (C=O) groups is 1. The molecule has 2 aliphatic heterocycles. The van der Waals surface area contributed by atoms with Crippen molar-refractivity contribution in [2.75, 3.05) is 18.8 Å². The normalized spacial score (nSPS) is 22.8. The third-order valence-corrected chi connectivity index (χ3v) is 5.89. The van der Waals surface area contributed by atoms with Crippen LogP contribution >= 0.6 is 11.8 Å². The van der Waals surface area contributed by atoms with E-state index < -0.39 is 0 Å². The maximum atomic E-state index is 12.6. The number of hydrogen-bond acceptors (Lipinski definition) is 5. The number of thioether (sulfide) groups is 1. The van der Waals surface area contributed by atoms with Gasteiger partial charge in [0.25, 0.3) is 0 Å². The number of rotatable bonds is 3. The Kier molecular flexibility index (Phi) is 4.28. The maximum Gasteiger partial charge on any atom is 0.233 e. The minimum Gasteiger partial charge on any atom is -0.370 e. The summed E-state index contributed by atoms with van der Waals surface area (Å²) in [6.07, 6.45) is 2.72. The standard InChI is InChI=1S/C17H20N4O2S/c1-12-4-2-3-5-16(12)24-11-17(22)20-7-6-15-14(9-20)21-13(10-23-15)8-18-19-21/h2-5,8,14-15H,6-7,9-11H2,1H3/t14-,15-/m1/s1. The molecule has 0 radical (unpaired) electrons. The highest BCUT2D eigenvalue weighted by atomic mass is 32.2. The summed E-state index contributed by atoms with van der Waals surface area (Å²) in [6, 6.07) is 8.25. The summed E-state index contributed by atoms with van der Waals surface area (Å²) in [5.41, 5.74) is 2.20. The zero-order valence-corrected chi connectivity index (χ0v) is 14.4. The number of fused-ring (bicyclic) bond motifs is 3. The van der Waals surface area contributed by atoms with Crippen molar-refractivity contribution in [2.45, 2.75) is 37.0 Å². The predicted octanol–water partition coefficient (Wildman–Crippen LogP) is 2.05. The lowest BCUT2D eigenvalue weighted by Gasteiger charge is -2.41. The summed E-state index contributed by atoms with van der Waals surface area (Å²) >= 11 is 1.61. The molecule has 1 saturated heterocycles. The second-order valence-electron chi connectivity index (χ2n) is 6.27. The van der Waals surface area contributed by atoms with E-state index in [1.165, 1.54) is 10.5 Å². The van der Waals surface area contributed by atoms with Gasteiger partial charge in [-0.05, 0) is 25.0 Å². The van der Waals surface area contributed by atoms with Gasteiger partial charge in [0.05, 0.1) is 36.4 Å². The molecule has 0 N–H and O–H groups in total. The van der Waals surface area contributed by atoms with Gasteiger partial charge < -0.3 is 9.64 Å². The van der Waals surface area contributed by atoms with E-state index in [0.717, 1.165) is 18.7 Å². The fourth-order valence-corrected chi connectivity index (χ4v) is 4.29. The van der Waals surface area contributed by atoms with E-state index in [-0.39, 0.29) is 18.1 Å². The lowest BCUT2D eigenvalue weighted by Crippen LogP contribution is -2.50. The number of likely N-dealkylation sites (tertiary alicyclic amines) is 1. The number of carbonyl (C=O) groups excluding carboxylic acids is 1. The summed E-state index contributed by atoms with van der Waals surface area (Å²) in [4.78, 5) is 15.7. The number of aryl methyl sites for hydroxylation is 1. The van der Waals surface area contributed by atoms with E-state index in [9.17, 15) is 4.79 Å². The Morgan fingerprint density at radius 1 is 1.42 bits per heavy atom. The Morgan fingerprint density at radius 2 is 2.29 bits per heavy atom. The van der Waals surface area contributed by atoms with Gasteiger partial charge in [-0.2, -0.15) is 0 Å². The van der Waals surface area contributed by atoms with Gasteiger partial charge in [-0.25, -0.2) is 4.68 Å². The molecular formula is C17H20N4O2S. The highest BCUT2D eigenvalue weighted by Gasteiger charge is 2.37. The first-order chi connectivity index (χ1) is 11.7. The van der Waals surface area contributed by atoms with Gasteiger partial charge in [0.1, 0.15) is 0 Å². The molecule has 0 saturated carbocycles. The molecule has 2 aromatic rings. The summed E-state index contributed by atoms with van der Waals surface area (Å²) in [6.45, 7) is 4.03. The van der Waals surface area contributed by atoms with Crippen molar-refractivity contribution in [1.29, 1.82) is 0 Å². The largest absolute Gasteiger partial charge is 0.370 e. The van der Waals surface area contributed by atoms with Crippen LogP contribution in [0.25, 0.3) is 0 Å². The highest BCUT2D eigenvalue weighted by molar-refractivity contribution is 8.00. The highest BCUT2D eigenvalue weighted by Crippen LogP contribution is 2.30. The molecule has 0 spiro atoms. The molecule has 1 fully saturated rings. The van der Waals surface area contributed by atoms with Crippen molar-refractivity contribution in [3.05, 3.63) is 41.7 Å². The van der Waals surface area contributed by atoms with Gasteiger partial charge in [-0.1, -0.05) is 23.4 Å². The average Bonchev–Trinajstić information content (AvgIpc) is 3.09. The molecule has 126 valence electrons. The van der Waals surface area contributed by atoms with Gasteiger partial charge in [0.2, 0.25) is 5.91 Å². The van der Waals surface area contributed by atoms with Gasteiger partial charge in [0, 0.05) is 18.0 Å². The molecule has 0 bridgehead atoms. The molecule has 1 aromatic carbocycles. The zero-order chi connectivity index (χ0) is 16.5. The van der Waals surface area contributed by atoms with Crippen LogP contribution in [0.1, 0.15) is 23.7 Å². The van der Waals surface area contributed by atoms with Crippen molar-refractivity contribution in [3.8, 4) is 0 Å². The summed E-state index contributed by atoms with van der Waals surface area (Å²) in [7, 11) is 0. The van der Waals surface area contributed by atoms with E-state index in [0.29, 0.717) is 18.9 Å². The Balaban J connectivity index is 1.41. The SMILES string of the molecule is Cc1ccccc1SCC(=O)N1CC[C@H]2OCc3cnnn3[C@@H]2C1. The molecule has 2 aliphatic rings. The first-order valence-corrected chi connectivity index (χ1v) is 9.18. The van der Waals surface area contributed by atoms with Crippen molar-refractivity contribution in [3.63, 3.8) is 0 Å². The van der Waals surface area contributed by atoms with Crippen LogP contribution in [-0.2, 0) is 16.1 Å². The molecule has 4 rings (SSSR count). The number of piperidine rings is 1. The third kappa shape index (κ3) is 2.93. The van der Waals surface area contributed by atoms with Gasteiger partial charge in [0.15, 0.2) is 0 Å². The van der Waals surface area contributed by atoms with Crippen LogP contribution in [0.3, 0.4) is 0 Å². The topological polar surface area (TPSA) is 60.3 Å². The summed E-state index contributed by atoms with van der Waals surface area (Å²) in [5.74, 6) is 0.641. The second kappa shape index (κ2) is 6.57. The van der Waals surface area contributed by atoms with E-state index in [4.69, 9.17) is 4.74 Å². The number of ether oxygens (including phenoxy) is 1. The Morgan fingerprint density at radius 3 is 3.17 bits per heavy atom. The molecule has 1 amide bonds. The first kappa shape index (κ1) is 15.7. The van der Waals surface area contributed by atoms with Gasteiger partial charge in [-0.15, -0.1) is 16.9 Å². The van der Waals surface area contributed by atoms with Crippen LogP contribution in [0.2, 0.25) is 0 Å². The molecule has 1 aromatic heterocycles. The van der Waals surface area contributed by atoms with E-state index in [1.54, 1.807) is 18.0 Å². The molecule has 3 heterocycles. The molecule has 0 aliphatic carbocycles. The summed E-state index contributed by atoms with van der Waals surface area (Å²) < 4.78 is 7.83. The van der Waals surface area contributed by atoms with Crippen molar-refractivity contribution < 1.29 is 9.53 Å². The minimum absolute atomic E-state index is 0.0809. The van der Waals surface area contributed by atoms with Crippen LogP contribution in [0.4, 0.5) is 0 Å². The van der Waals surface area contributed by atoms with Crippen LogP contribution < -0.4 is 0 Å². The summed E-state index contributed by atoms with van der Waals surface area (Å²) in [5, 5.41) is 8.16. The van der Waals surface area contributed by atoms with Gasteiger partial charge in [-0.3, -0.25) is 4.79 Å². The van der Waals surface area contributed by atoms with Crippen LogP contribution in [-0.4, -0.2) is 50.7 Å². The average molecular weight is 344 g/mol. The minimum atomic E-state index is 0.0809. The lowest BCUT2D eigenvalue weighted by molar-refractivity contribution is -0.135. The zero-order valence-electron chi connectivity index (χ0n) is 13.6. The molecule has 0 unspecified atom stereocenters. The third-order valence-electron chi connectivity index (χ3n) is 4.73. The first-order valence-electron chi connectivity index (χ1n) is 8.19. The fraction of sp³-hybridized carbons (Fsp3) is 0.471. The lowest BCUT2D eigenvalue weighted by atomic mass is 10.0. The molecular weight excluding hydrogens is 324 g/mol. The Labute approximate surface area is 145 Å². The Hall–Kier alpha value is -1.86. The van der Waals surface area contributed by atoms with Crippen molar-refractivity contribution >= 4 is 17.7 Å². The molecule has 24 heavy (non-hydrogen) atoms. The van der Waals surface area contributed by atoms with Crippen LogP contribution in [0, 0.1) is 6.92 Å². The quantitative estimate of drug-likeness (QED) is 0.798. The smallest absolute Gasteiger partial charge is 0.233 e. The van der Waals surface area contributed by atoms with E-state index in [2.05, 4.69) is 29.4 Å². The number of nitrogens with zero attached hydrogens (tertiary/aromatic N) is 4. The maximum absolute atomic E-state index is 12.6. The monoisotopic (exact) mass is 344 g/mol. The number of hydrogen-bond donors (Lipinski definition) is 0. The van der Waals surface area contributed by atoms with Crippen LogP contribution in [0.15, 0.2) is 35.4 Å². The van der Waals surface area contributed by atoms with E-state index >= 15 is 0 Å². The number of benzene rings is 1. The Bertz CT molecular complexity index is 748. The fourth-order valence-electron chi connectivity index (χ4n) is 3.35. The molecule has 6 nitrogen and oxygen atoms in total. The number of aromatic nitrogens is 3. The molecule has 2 atom stereocenters. The van der Waals surface area contributed by atoms with Crippen LogP contribution in [0.5, 0.6) is 0 Å². The predicted molar refractivity (Wildman–Crippen MR) is 90.7 cm³/mol. The van der Waals surface area contributed by atoms with Gasteiger partial charge >= 0.3 is 0 Å². The van der Waals surface area contributed by atoms with Crippen molar-refractivity contribution in [2.24, 2.45) is 0 Å². The number of amides is 1. The van der Waals surface area contributed by atoms with Crippen molar-refractivity contribution in [1.82, 2.24) is 19.9 Å². The molecule has 7 heteroatoms. The second-order valence-corrected chi connectivity index (χ2v) is 7.29. The van der Waals surface area contributed by atoms with E-state index in [1.807, 2.05) is 21.7 Å².